The fraction of sp³-hybridized carbons (Fsp3) is 0.400. The summed E-state index contributed by atoms with van der Waals surface area (Å²) in [6, 6.07) is 2.89. The number of rotatable bonds is 4. The Balaban J connectivity index is 3.20. The van der Waals surface area contributed by atoms with Gasteiger partial charge >= 0.3 is 0 Å². The van der Waals surface area contributed by atoms with Crippen LogP contribution in [0.15, 0.2) is 12.1 Å². The highest BCUT2D eigenvalue weighted by molar-refractivity contribution is 5.53. The van der Waals surface area contributed by atoms with Crippen LogP contribution in [0.25, 0.3) is 0 Å². The first kappa shape index (κ1) is 11.6. The van der Waals surface area contributed by atoms with Gasteiger partial charge < -0.3 is 24.8 Å². The van der Waals surface area contributed by atoms with Crippen molar-refractivity contribution in [3.63, 3.8) is 0 Å². The summed E-state index contributed by atoms with van der Waals surface area (Å²) in [7, 11) is 2.78. The summed E-state index contributed by atoms with van der Waals surface area (Å²) in [5, 5.41) is 27.8. The third-order valence-corrected chi connectivity index (χ3v) is 2.06. The van der Waals surface area contributed by atoms with E-state index in [0.29, 0.717) is 5.56 Å². The predicted octanol–water partition coefficient (Wildman–Crippen LogP) is 0.435. The number of aliphatic hydroxyl groups is 2. The van der Waals surface area contributed by atoms with Crippen LogP contribution < -0.4 is 9.47 Å². The van der Waals surface area contributed by atoms with Crippen LogP contribution in [-0.4, -0.2) is 36.1 Å². The molecule has 3 N–H and O–H groups in total. The van der Waals surface area contributed by atoms with Crippen molar-refractivity contribution in [2.45, 2.75) is 6.10 Å². The third-order valence-electron chi connectivity index (χ3n) is 2.06. The maximum Gasteiger partial charge on any atom is 0.200 e. The Morgan fingerprint density at radius 2 is 1.67 bits per heavy atom. The Hall–Kier alpha value is -1.46. The molecule has 0 spiro atoms. The van der Waals surface area contributed by atoms with E-state index in [-0.39, 0.29) is 17.2 Å². The summed E-state index contributed by atoms with van der Waals surface area (Å²) in [6.45, 7) is -0.406. The highest BCUT2D eigenvalue weighted by atomic mass is 16.5. The van der Waals surface area contributed by atoms with E-state index >= 15 is 0 Å². The summed E-state index contributed by atoms with van der Waals surface area (Å²) >= 11 is 0. The normalized spacial score (nSPS) is 12.3. The minimum absolute atomic E-state index is 0.131. The van der Waals surface area contributed by atoms with Crippen LogP contribution in [0.5, 0.6) is 17.2 Å². The van der Waals surface area contributed by atoms with E-state index in [0.717, 1.165) is 0 Å². The monoisotopic (exact) mass is 214 g/mol. The molecule has 1 atom stereocenters. The number of ether oxygens (including phenoxy) is 2. The van der Waals surface area contributed by atoms with Crippen LogP contribution in [0.2, 0.25) is 0 Å². The van der Waals surface area contributed by atoms with E-state index in [1.165, 1.54) is 26.4 Å². The van der Waals surface area contributed by atoms with Crippen molar-refractivity contribution in [1.82, 2.24) is 0 Å². The molecule has 0 heterocycles. The molecule has 1 aromatic carbocycles. The Bertz CT molecular complexity index is 312. The van der Waals surface area contributed by atoms with Gasteiger partial charge in [0.05, 0.1) is 20.8 Å². The smallest absolute Gasteiger partial charge is 0.200 e. The first-order chi connectivity index (χ1) is 7.13. The fourth-order valence-corrected chi connectivity index (χ4v) is 1.21. The first-order valence-corrected chi connectivity index (χ1v) is 4.37. The van der Waals surface area contributed by atoms with Crippen molar-refractivity contribution in [3.05, 3.63) is 17.7 Å². The molecule has 0 unspecified atom stereocenters. The van der Waals surface area contributed by atoms with E-state index in [1.807, 2.05) is 0 Å². The number of phenolic OH excluding ortho intramolecular Hbond substituents is 1. The number of methoxy groups -OCH3 is 2. The number of aromatic hydroxyl groups is 1. The second kappa shape index (κ2) is 4.86. The fourth-order valence-electron chi connectivity index (χ4n) is 1.21. The van der Waals surface area contributed by atoms with Gasteiger partial charge in [0, 0.05) is 0 Å². The SMILES string of the molecule is COc1cc([C@@H](O)CO)cc(OC)c1O. The van der Waals surface area contributed by atoms with Crippen LogP contribution in [0.3, 0.4) is 0 Å². The van der Waals surface area contributed by atoms with Crippen molar-refractivity contribution in [1.29, 1.82) is 0 Å². The number of hydrogen-bond acceptors (Lipinski definition) is 5. The number of phenols is 1. The minimum Gasteiger partial charge on any atom is -0.502 e. The van der Waals surface area contributed by atoms with E-state index in [2.05, 4.69) is 0 Å². The number of benzene rings is 1. The topological polar surface area (TPSA) is 79.2 Å². The van der Waals surface area contributed by atoms with Crippen LogP contribution in [0, 0.1) is 0 Å². The molecule has 1 rings (SSSR count). The molecule has 0 saturated heterocycles. The quantitative estimate of drug-likeness (QED) is 0.677. The zero-order valence-electron chi connectivity index (χ0n) is 8.60. The molecule has 0 bridgehead atoms. The van der Waals surface area contributed by atoms with Gasteiger partial charge in [-0.1, -0.05) is 0 Å². The van der Waals surface area contributed by atoms with Gasteiger partial charge in [-0.2, -0.15) is 0 Å². The zero-order chi connectivity index (χ0) is 11.4. The van der Waals surface area contributed by atoms with E-state index < -0.39 is 12.7 Å². The summed E-state index contributed by atoms with van der Waals surface area (Å²) < 4.78 is 9.80. The second-order valence-electron chi connectivity index (χ2n) is 2.97. The van der Waals surface area contributed by atoms with E-state index in [4.69, 9.17) is 14.6 Å². The van der Waals surface area contributed by atoms with E-state index in [1.54, 1.807) is 0 Å². The predicted molar refractivity (Wildman–Crippen MR) is 53.3 cm³/mol. The molecule has 84 valence electrons. The van der Waals surface area contributed by atoms with Crippen molar-refractivity contribution in [2.75, 3.05) is 20.8 Å². The molecule has 0 radical (unpaired) electrons. The molecule has 0 amide bonds. The Kier molecular flexibility index (Phi) is 3.76. The molecule has 1 aromatic rings. The Morgan fingerprint density at radius 3 is 2.00 bits per heavy atom. The summed E-state index contributed by atoms with van der Waals surface area (Å²) in [4.78, 5) is 0. The highest BCUT2D eigenvalue weighted by Crippen LogP contribution is 2.38. The molecule has 5 nitrogen and oxygen atoms in total. The van der Waals surface area contributed by atoms with E-state index in [9.17, 15) is 10.2 Å². The van der Waals surface area contributed by atoms with Gasteiger partial charge in [0.2, 0.25) is 5.75 Å². The maximum atomic E-state index is 9.57. The molecular weight excluding hydrogens is 200 g/mol. The minimum atomic E-state index is -1.02. The van der Waals surface area contributed by atoms with Gasteiger partial charge in [0.25, 0.3) is 0 Å². The summed E-state index contributed by atoms with van der Waals surface area (Å²) in [5.41, 5.74) is 0.420. The van der Waals surface area contributed by atoms with Crippen LogP contribution in [-0.2, 0) is 0 Å². The average Bonchev–Trinajstić information content (AvgIpc) is 2.28. The average molecular weight is 214 g/mol. The molecule has 0 aliphatic heterocycles. The lowest BCUT2D eigenvalue weighted by molar-refractivity contribution is 0.0951. The standard InChI is InChI=1S/C10H14O5/c1-14-8-3-6(7(12)5-11)4-9(15-2)10(8)13/h3-4,7,11-13H,5H2,1-2H3/t7-/m0/s1. The largest absolute Gasteiger partial charge is 0.502 e. The van der Waals surface area contributed by atoms with Gasteiger partial charge in [-0.05, 0) is 17.7 Å². The highest BCUT2D eigenvalue weighted by Gasteiger charge is 2.15. The lowest BCUT2D eigenvalue weighted by Crippen LogP contribution is -2.03. The maximum absolute atomic E-state index is 9.57. The lowest BCUT2D eigenvalue weighted by atomic mass is 10.1. The molecular formula is C10H14O5. The van der Waals surface area contributed by atoms with Crippen molar-refractivity contribution < 1.29 is 24.8 Å². The molecule has 15 heavy (non-hydrogen) atoms. The van der Waals surface area contributed by atoms with Crippen LogP contribution in [0.1, 0.15) is 11.7 Å². The van der Waals surface area contributed by atoms with Gasteiger partial charge in [-0.3, -0.25) is 0 Å². The molecule has 0 aliphatic rings. The zero-order valence-corrected chi connectivity index (χ0v) is 8.60. The van der Waals surface area contributed by atoms with Crippen LogP contribution >= 0.6 is 0 Å². The summed E-state index contributed by atoms with van der Waals surface area (Å²) in [6.07, 6.45) is -1.02. The summed E-state index contributed by atoms with van der Waals surface area (Å²) in [5.74, 6) is 0.252. The van der Waals surface area contributed by atoms with Crippen LogP contribution in [0.4, 0.5) is 0 Å². The third kappa shape index (κ3) is 2.31. The molecule has 0 aromatic heterocycles. The van der Waals surface area contributed by atoms with Gasteiger partial charge in [-0.25, -0.2) is 0 Å². The molecule has 5 heteroatoms. The Labute approximate surface area is 87.5 Å². The van der Waals surface area contributed by atoms with Crippen molar-refractivity contribution >= 4 is 0 Å². The van der Waals surface area contributed by atoms with Crippen molar-refractivity contribution in [3.8, 4) is 17.2 Å². The second-order valence-corrected chi connectivity index (χ2v) is 2.97. The molecule has 0 fully saturated rings. The van der Waals surface area contributed by atoms with Gasteiger partial charge in [-0.15, -0.1) is 0 Å². The van der Waals surface area contributed by atoms with Gasteiger partial charge in [0.1, 0.15) is 6.10 Å². The molecule has 0 saturated carbocycles. The number of hydrogen-bond donors (Lipinski definition) is 3. The lowest BCUT2D eigenvalue weighted by Gasteiger charge is -2.13. The first-order valence-electron chi connectivity index (χ1n) is 4.37. The molecule has 0 aliphatic carbocycles. The Morgan fingerprint density at radius 1 is 1.20 bits per heavy atom. The number of aliphatic hydroxyl groups excluding tert-OH is 2. The van der Waals surface area contributed by atoms with Gasteiger partial charge in [0.15, 0.2) is 11.5 Å². The van der Waals surface area contributed by atoms with Crippen molar-refractivity contribution in [2.24, 2.45) is 0 Å².